The highest BCUT2D eigenvalue weighted by Crippen LogP contribution is 2.04. The number of nitrogens with two attached hydrogens (primary N) is 1. The van der Waals surface area contributed by atoms with Crippen LogP contribution in [0.5, 0.6) is 0 Å². The first-order valence-electron chi connectivity index (χ1n) is 4.01. The molecule has 4 nitrogen and oxygen atoms in total. The van der Waals surface area contributed by atoms with E-state index in [9.17, 15) is 0 Å². The van der Waals surface area contributed by atoms with Crippen LogP contribution in [0, 0.1) is 0 Å². The zero-order chi connectivity index (χ0) is 9.26. The Hall–Kier alpha value is -1.84. The molecule has 0 amide bonds. The van der Waals surface area contributed by atoms with E-state index in [-0.39, 0.29) is 0 Å². The molecule has 66 valence electrons. The summed E-state index contributed by atoms with van der Waals surface area (Å²) >= 11 is 0. The van der Waals surface area contributed by atoms with Crippen LogP contribution in [-0.2, 0) is 7.05 Å². The van der Waals surface area contributed by atoms with Gasteiger partial charge in [0.25, 0.3) is 0 Å². The number of aryl methyl sites for hydroxylation is 1. The molecule has 0 saturated carbocycles. The summed E-state index contributed by atoms with van der Waals surface area (Å²) in [6, 6.07) is 3.72. The molecule has 2 aromatic rings. The van der Waals surface area contributed by atoms with E-state index in [2.05, 4.69) is 4.98 Å². The van der Waals surface area contributed by atoms with E-state index in [1.807, 2.05) is 47.0 Å². The molecular formula is C9H11N4+. The number of anilines is 1. The van der Waals surface area contributed by atoms with Crippen molar-refractivity contribution < 1.29 is 4.57 Å². The van der Waals surface area contributed by atoms with E-state index in [0.717, 1.165) is 5.82 Å². The molecule has 2 N–H and O–H groups in total. The molecule has 0 unspecified atom stereocenters. The summed E-state index contributed by atoms with van der Waals surface area (Å²) in [6.07, 6.45) is 7.49. The third-order valence-corrected chi connectivity index (χ3v) is 1.80. The minimum Gasteiger partial charge on any atom is -0.397 e. The molecule has 0 fully saturated rings. The highest BCUT2D eigenvalue weighted by molar-refractivity contribution is 5.38. The molecule has 0 atom stereocenters. The molecule has 2 aromatic heterocycles. The highest BCUT2D eigenvalue weighted by atomic mass is 15.1. The Balaban J connectivity index is 2.41. The Morgan fingerprint density at radius 2 is 2.31 bits per heavy atom. The number of nitrogens with zero attached hydrogens (tertiary/aromatic N) is 3. The van der Waals surface area contributed by atoms with Crippen LogP contribution in [0.1, 0.15) is 0 Å². The van der Waals surface area contributed by atoms with Crippen molar-refractivity contribution in [1.29, 1.82) is 0 Å². The van der Waals surface area contributed by atoms with Crippen LogP contribution >= 0.6 is 0 Å². The predicted molar refractivity (Wildman–Crippen MR) is 49.2 cm³/mol. The molecule has 0 aliphatic carbocycles. The molecule has 2 rings (SSSR count). The summed E-state index contributed by atoms with van der Waals surface area (Å²) < 4.78 is 3.89. The van der Waals surface area contributed by atoms with Crippen LogP contribution in [0.25, 0.3) is 5.82 Å². The predicted octanol–water partition coefficient (Wildman–Crippen LogP) is 0.279. The third kappa shape index (κ3) is 1.51. The van der Waals surface area contributed by atoms with Crippen molar-refractivity contribution in [3.8, 4) is 5.82 Å². The Bertz CT molecular complexity index is 402. The third-order valence-electron chi connectivity index (χ3n) is 1.80. The second-order valence-corrected chi connectivity index (χ2v) is 2.94. The number of nitrogen functional groups attached to an aromatic ring is 1. The van der Waals surface area contributed by atoms with Gasteiger partial charge in [-0.3, -0.25) is 0 Å². The zero-order valence-corrected chi connectivity index (χ0v) is 7.38. The van der Waals surface area contributed by atoms with Gasteiger partial charge < -0.3 is 5.73 Å². The van der Waals surface area contributed by atoms with Gasteiger partial charge in [-0.25, -0.2) is 9.55 Å². The summed E-state index contributed by atoms with van der Waals surface area (Å²) in [4.78, 5) is 4.19. The molecule has 2 heterocycles. The fraction of sp³-hybridized carbons (Fsp3) is 0.111. The second-order valence-electron chi connectivity index (χ2n) is 2.94. The van der Waals surface area contributed by atoms with Gasteiger partial charge in [0.1, 0.15) is 12.4 Å². The minimum atomic E-state index is 0.681. The normalized spacial score (nSPS) is 10.2. The summed E-state index contributed by atoms with van der Waals surface area (Å²) in [5.41, 5.74) is 6.21. The van der Waals surface area contributed by atoms with E-state index < -0.39 is 0 Å². The monoisotopic (exact) mass is 175 g/mol. The number of rotatable bonds is 1. The van der Waals surface area contributed by atoms with Crippen molar-refractivity contribution in [1.82, 2.24) is 9.55 Å². The van der Waals surface area contributed by atoms with Crippen LogP contribution in [0.15, 0.2) is 37.1 Å². The Labute approximate surface area is 76.3 Å². The van der Waals surface area contributed by atoms with Gasteiger partial charge >= 0.3 is 0 Å². The fourth-order valence-corrected chi connectivity index (χ4v) is 1.14. The topological polar surface area (TPSA) is 47.7 Å². The van der Waals surface area contributed by atoms with Crippen molar-refractivity contribution in [3.05, 3.63) is 37.1 Å². The molecule has 0 radical (unpaired) electrons. The van der Waals surface area contributed by atoms with E-state index in [1.165, 1.54) is 0 Å². The summed E-state index contributed by atoms with van der Waals surface area (Å²) in [6.45, 7) is 0. The van der Waals surface area contributed by atoms with Crippen LogP contribution in [-0.4, -0.2) is 9.55 Å². The Kier molecular flexibility index (Phi) is 1.73. The minimum absolute atomic E-state index is 0.681. The maximum Gasteiger partial charge on any atom is 0.250 e. The molecule has 0 aromatic carbocycles. The van der Waals surface area contributed by atoms with Crippen LogP contribution in [0.3, 0.4) is 0 Å². The lowest BCUT2D eigenvalue weighted by Gasteiger charge is -1.94. The summed E-state index contributed by atoms with van der Waals surface area (Å²) in [7, 11) is 1.97. The van der Waals surface area contributed by atoms with Gasteiger partial charge in [-0.05, 0) is 6.07 Å². The van der Waals surface area contributed by atoms with Crippen molar-refractivity contribution in [3.63, 3.8) is 0 Å². The average Bonchev–Trinajstić information content (AvgIpc) is 2.53. The number of hydrogen-bond donors (Lipinski definition) is 1. The Morgan fingerprint density at radius 3 is 2.85 bits per heavy atom. The lowest BCUT2D eigenvalue weighted by molar-refractivity contribution is -0.670. The molecule has 0 aliphatic rings. The second kappa shape index (κ2) is 2.90. The fourth-order valence-electron chi connectivity index (χ4n) is 1.14. The number of pyridine rings is 1. The maximum absolute atomic E-state index is 5.53. The van der Waals surface area contributed by atoms with Crippen LogP contribution in [0.4, 0.5) is 5.69 Å². The molecule has 0 saturated heterocycles. The maximum atomic E-state index is 5.53. The van der Waals surface area contributed by atoms with Gasteiger partial charge in [-0.15, -0.1) is 0 Å². The van der Waals surface area contributed by atoms with E-state index in [1.54, 1.807) is 6.20 Å². The lowest BCUT2D eigenvalue weighted by Crippen LogP contribution is -2.23. The van der Waals surface area contributed by atoms with Crippen molar-refractivity contribution >= 4 is 5.69 Å². The van der Waals surface area contributed by atoms with Crippen molar-refractivity contribution in [2.24, 2.45) is 7.05 Å². The van der Waals surface area contributed by atoms with Gasteiger partial charge in [-0.2, -0.15) is 4.57 Å². The van der Waals surface area contributed by atoms with Gasteiger partial charge in [-0.1, -0.05) is 0 Å². The first-order valence-corrected chi connectivity index (χ1v) is 4.01. The standard InChI is InChI=1S/C9H11N4/c1-12-4-5-13(7-12)9-3-2-8(10)6-11-9/h2-7H,10H2,1H3/q+1. The van der Waals surface area contributed by atoms with Crippen LogP contribution in [0.2, 0.25) is 0 Å². The summed E-state index contributed by atoms with van der Waals surface area (Å²) in [5, 5.41) is 0. The number of aromatic nitrogens is 3. The average molecular weight is 175 g/mol. The molecular weight excluding hydrogens is 164 g/mol. The van der Waals surface area contributed by atoms with Gasteiger partial charge in [0.2, 0.25) is 12.1 Å². The van der Waals surface area contributed by atoms with E-state index >= 15 is 0 Å². The molecule has 0 bridgehead atoms. The molecule has 13 heavy (non-hydrogen) atoms. The SMILES string of the molecule is C[n+]1ccn(-c2ccc(N)cn2)c1. The van der Waals surface area contributed by atoms with Gasteiger partial charge in [0, 0.05) is 6.07 Å². The Morgan fingerprint density at radius 1 is 1.46 bits per heavy atom. The van der Waals surface area contributed by atoms with Crippen LogP contribution < -0.4 is 10.3 Å². The molecule has 0 spiro atoms. The smallest absolute Gasteiger partial charge is 0.250 e. The first-order chi connectivity index (χ1) is 6.25. The van der Waals surface area contributed by atoms with Crippen molar-refractivity contribution in [2.45, 2.75) is 0 Å². The van der Waals surface area contributed by atoms with Gasteiger partial charge in [0.15, 0.2) is 0 Å². The first kappa shape index (κ1) is 7.79. The largest absolute Gasteiger partial charge is 0.397 e. The number of hydrogen-bond acceptors (Lipinski definition) is 2. The quantitative estimate of drug-likeness (QED) is 0.633. The summed E-state index contributed by atoms with van der Waals surface area (Å²) in [5.74, 6) is 0.870. The van der Waals surface area contributed by atoms with E-state index in [0.29, 0.717) is 5.69 Å². The number of imidazole rings is 1. The molecule has 4 heteroatoms. The van der Waals surface area contributed by atoms with Crippen molar-refractivity contribution in [2.75, 3.05) is 5.73 Å². The zero-order valence-electron chi connectivity index (χ0n) is 7.38. The van der Waals surface area contributed by atoms with E-state index in [4.69, 9.17) is 5.73 Å². The lowest BCUT2D eigenvalue weighted by atomic mass is 10.4. The van der Waals surface area contributed by atoms with Gasteiger partial charge in [0.05, 0.1) is 18.9 Å². The highest BCUT2D eigenvalue weighted by Gasteiger charge is 2.03. The molecule has 0 aliphatic heterocycles.